The second-order valence-corrected chi connectivity index (χ2v) is 6.90. The number of rotatable bonds is 4. The fourth-order valence-electron chi connectivity index (χ4n) is 1.87. The van der Waals surface area contributed by atoms with Crippen LogP contribution in [0.3, 0.4) is 0 Å². The van der Waals surface area contributed by atoms with Gasteiger partial charge in [-0.05, 0) is 24.3 Å². The molecule has 0 amide bonds. The molecule has 12 N–H and O–H groups in total. The molecule has 156 valence electrons. The Labute approximate surface area is 165 Å². The number of hydrogen-bond acceptors (Lipinski definition) is 6. The molecule has 12 nitrogen and oxygen atoms in total. The minimum absolute atomic E-state index is 0.333. The van der Waals surface area contributed by atoms with Crippen molar-refractivity contribution in [2.75, 3.05) is 0 Å². The van der Waals surface area contributed by atoms with E-state index in [4.69, 9.17) is 21.0 Å². The third kappa shape index (κ3) is 7.96. The van der Waals surface area contributed by atoms with Crippen LogP contribution in [0.15, 0.2) is 58.3 Å². The Balaban J connectivity index is 0.000000837. The topological polar surface area (TPSA) is 261 Å². The predicted molar refractivity (Wildman–Crippen MR) is 104 cm³/mol. The zero-order valence-electron chi connectivity index (χ0n) is 14.9. The Morgan fingerprint density at radius 2 is 0.931 bits per heavy atom. The van der Waals surface area contributed by atoms with Crippen molar-refractivity contribution in [1.82, 2.24) is 0 Å². The van der Waals surface area contributed by atoms with Gasteiger partial charge in [-0.15, -0.1) is 0 Å². The lowest BCUT2D eigenvalue weighted by Crippen LogP contribution is -2.20. The Hall–Kier alpha value is -4.13. The molecule has 0 aromatic heterocycles. The zero-order chi connectivity index (χ0) is 22.8. The van der Waals surface area contributed by atoms with Gasteiger partial charge in [0.15, 0.2) is 11.9 Å². The monoisotopic (exact) mass is 424 g/mol. The summed E-state index contributed by atoms with van der Waals surface area (Å²) in [4.78, 5) is 21.4. The molecule has 0 fully saturated rings. The van der Waals surface area contributed by atoms with Gasteiger partial charge in [-0.3, -0.25) is 10.8 Å². The lowest BCUT2D eigenvalue weighted by Gasteiger charge is -2.10. The van der Waals surface area contributed by atoms with E-state index in [2.05, 4.69) is 22.9 Å². The normalized spacial score (nSPS) is 9.66. The molecule has 0 spiro atoms. The molecule has 0 aliphatic heterocycles. The van der Waals surface area contributed by atoms with E-state index in [9.17, 15) is 18.0 Å². The maximum absolute atomic E-state index is 12.6. The molecule has 0 aliphatic rings. The Morgan fingerprint density at radius 1 is 0.690 bits per heavy atom. The summed E-state index contributed by atoms with van der Waals surface area (Å²) in [7, 11) is -4.25. The Morgan fingerprint density at radius 3 is 1.17 bits per heavy atom. The molecule has 0 heterocycles. The number of carboxylic acids is 2. The largest absolute Gasteiger partial charge is 0.478 e. The molecule has 0 unspecified atom stereocenters. The highest BCUT2D eigenvalue weighted by Crippen LogP contribution is 2.26. The second kappa shape index (κ2) is 10.9. The number of nitrogens with two attached hydrogens (primary N) is 4. The van der Waals surface area contributed by atoms with Crippen molar-refractivity contribution in [3.63, 3.8) is 0 Å². The van der Waals surface area contributed by atoms with E-state index in [1.165, 1.54) is 24.3 Å². The van der Waals surface area contributed by atoms with Gasteiger partial charge in [0.2, 0.25) is 9.84 Å². The number of guanidine groups is 2. The second-order valence-electron chi connectivity index (χ2n) is 5.02. The van der Waals surface area contributed by atoms with Gasteiger partial charge in [0.1, 0.15) is 0 Å². The minimum Gasteiger partial charge on any atom is -0.478 e. The average Bonchev–Trinajstić information content (AvgIpc) is 2.60. The van der Waals surface area contributed by atoms with Crippen LogP contribution < -0.4 is 22.9 Å². The highest BCUT2D eigenvalue weighted by molar-refractivity contribution is 7.91. The molecule has 0 aliphatic carbocycles. The van der Waals surface area contributed by atoms with E-state index in [0.717, 1.165) is 24.3 Å². The van der Waals surface area contributed by atoms with Gasteiger partial charge in [0.05, 0.1) is 20.9 Å². The van der Waals surface area contributed by atoms with Gasteiger partial charge in [0, 0.05) is 0 Å². The summed E-state index contributed by atoms with van der Waals surface area (Å²) >= 11 is 0. The molecule has 0 saturated heterocycles. The van der Waals surface area contributed by atoms with Crippen molar-refractivity contribution < 1.29 is 28.2 Å². The predicted octanol–water partition coefficient (Wildman–Crippen LogP) is -0.407. The van der Waals surface area contributed by atoms with Crippen LogP contribution in [0.2, 0.25) is 0 Å². The van der Waals surface area contributed by atoms with Gasteiger partial charge in [-0.1, -0.05) is 24.3 Å². The van der Waals surface area contributed by atoms with Gasteiger partial charge in [-0.2, -0.15) is 0 Å². The average molecular weight is 424 g/mol. The summed E-state index contributed by atoms with van der Waals surface area (Å²) in [5, 5.41) is 30.3. The summed E-state index contributed by atoms with van der Waals surface area (Å²) in [5.41, 5.74) is 17.1. The first-order valence-corrected chi connectivity index (χ1v) is 8.89. The number of hydrogen-bond donors (Lipinski definition) is 8. The van der Waals surface area contributed by atoms with Crippen LogP contribution >= 0.6 is 0 Å². The van der Waals surface area contributed by atoms with E-state index in [1.807, 2.05) is 0 Å². The van der Waals surface area contributed by atoms with E-state index in [0.29, 0.717) is 0 Å². The lowest BCUT2D eigenvalue weighted by atomic mass is 10.2. The molecular formula is C16H20N6O6S. The van der Waals surface area contributed by atoms with Crippen molar-refractivity contribution in [2.45, 2.75) is 9.79 Å². The van der Waals surface area contributed by atoms with Crippen LogP contribution in [0.5, 0.6) is 0 Å². The molecular weight excluding hydrogens is 404 g/mol. The fourth-order valence-corrected chi connectivity index (χ4v) is 3.52. The van der Waals surface area contributed by atoms with Crippen LogP contribution in [0, 0.1) is 10.8 Å². The maximum atomic E-state index is 12.6. The van der Waals surface area contributed by atoms with Crippen molar-refractivity contribution >= 4 is 33.7 Å². The molecule has 13 heteroatoms. The number of carboxylic acid groups (broad SMARTS) is 2. The van der Waals surface area contributed by atoms with Crippen LogP contribution in [0.4, 0.5) is 0 Å². The zero-order valence-corrected chi connectivity index (χ0v) is 15.7. The van der Waals surface area contributed by atoms with Crippen LogP contribution in [0.1, 0.15) is 20.7 Å². The van der Waals surface area contributed by atoms with E-state index in [1.54, 1.807) is 0 Å². The van der Waals surface area contributed by atoms with Gasteiger partial charge >= 0.3 is 11.9 Å². The first-order chi connectivity index (χ1) is 13.3. The number of aromatic carboxylic acids is 2. The first-order valence-electron chi connectivity index (χ1n) is 7.41. The van der Waals surface area contributed by atoms with Gasteiger partial charge in [0.25, 0.3) is 0 Å². The van der Waals surface area contributed by atoms with Gasteiger partial charge < -0.3 is 33.1 Å². The summed E-state index contributed by atoms with van der Waals surface area (Å²) in [6, 6.07) is 10.1. The SMILES string of the molecule is N=C(N)N.N=C(N)N.O=C(O)c1ccccc1S(=O)(=O)c1ccccc1C(=O)O. The van der Waals surface area contributed by atoms with E-state index >= 15 is 0 Å². The molecule has 0 radical (unpaired) electrons. The highest BCUT2D eigenvalue weighted by atomic mass is 32.2. The molecule has 0 bridgehead atoms. The summed E-state index contributed by atoms with van der Waals surface area (Å²) < 4.78 is 25.1. The van der Waals surface area contributed by atoms with Crippen molar-refractivity contribution in [1.29, 1.82) is 10.8 Å². The summed E-state index contributed by atoms with van der Waals surface area (Å²) in [6.45, 7) is 0. The van der Waals surface area contributed by atoms with Crippen molar-refractivity contribution in [3.05, 3.63) is 59.7 Å². The number of carbonyl (C=O) groups is 2. The lowest BCUT2D eigenvalue weighted by molar-refractivity contribution is 0.0683. The van der Waals surface area contributed by atoms with E-state index in [-0.39, 0.29) is 11.9 Å². The smallest absolute Gasteiger partial charge is 0.337 e. The highest BCUT2D eigenvalue weighted by Gasteiger charge is 2.27. The van der Waals surface area contributed by atoms with E-state index < -0.39 is 42.7 Å². The van der Waals surface area contributed by atoms with Crippen LogP contribution in [-0.4, -0.2) is 42.5 Å². The molecule has 0 saturated carbocycles. The minimum atomic E-state index is -4.25. The quantitative estimate of drug-likeness (QED) is 0.232. The summed E-state index contributed by atoms with van der Waals surface area (Å²) in [5.74, 6) is -3.47. The van der Waals surface area contributed by atoms with Gasteiger partial charge in [-0.25, -0.2) is 18.0 Å². The third-order valence-corrected chi connectivity index (χ3v) is 4.68. The fraction of sp³-hybridized carbons (Fsp3) is 0. The Kier molecular flexibility index (Phi) is 9.33. The van der Waals surface area contributed by atoms with Crippen LogP contribution in [0.25, 0.3) is 0 Å². The molecule has 2 aromatic carbocycles. The summed E-state index contributed by atoms with van der Waals surface area (Å²) in [6.07, 6.45) is 0. The number of sulfone groups is 1. The standard InChI is InChI=1S/C14H10O6S.2CH5N3/c15-13(16)9-5-1-3-7-11(9)21(19,20)12-8-4-2-6-10(12)14(17)18;2*2-1(3)4/h1-8H,(H,15,16)(H,17,18);2*(H5,2,3,4). The molecule has 2 aromatic rings. The van der Waals surface area contributed by atoms with Crippen molar-refractivity contribution in [2.24, 2.45) is 22.9 Å². The third-order valence-electron chi connectivity index (χ3n) is 2.81. The molecule has 2 rings (SSSR count). The maximum Gasteiger partial charge on any atom is 0.337 e. The molecule has 29 heavy (non-hydrogen) atoms. The number of benzene rings is 2. The van der Waals surface area contributed by atoms with Crippen LogP contribution in [-0.2, 0) is 9.84 Å². The number of nitrogens with one attached hydrogen (secondary N) is 2. The Bertz CT molecular complexity index is 939. The first kappa shape index (κ1) is 24.9. The van der Waals surface area contributed by atoms with Crippen molar-refractivity contribution in [3.8, 4) is 0 Å². The molecule has 0 atom stereocenters.